The van der Waals surface area contributed by atoms with Crippen LogP contribution in [0.25, 0.3) is 0 Å². The first-order chi connectivity index (χ1) is 7.49. The molecular weight excluding hydrogens is 202 g/mol. The maximum absolute atomic E-state index is 11.8. The highest BCUT2D eigenvalue weighted by Gasteiger charge is 2.50. The minimum absolute atomic E-state index is 0.152. The Kier molecular flexibility index (Phi) is 2.68. The van der Waals surface area contributed by atoms with Crippen molar-refractivity contribution in [1.82, 2.24) is 4.90 Å². The zero-order valence-corrected chi connectivity index (χ0v) is 10.4. The monoisotopic (exact) mass is 223 g/mol. The van der Waals surface area contributed by atoms with Gasteiger partial charge in [0.1, 0.15) is 11.4 Å². The molecule has 2 unspecified atom stereocenters. The number of amidine groups is 1. The number of aliphatic imine (C=N–C) groups is 1. The van der Waals surface area contributed by atoms with Gasteiger partial charge >= 0.3 is 6.03 Å². The number of hydrogen-bond donors (Lipinski definition) is 1. The summed E-state index contributed by atoms with van der Waals surface area (Å²) < 4.78 is 0. The van der Waals surface area contributed by atoms with E-state index in [9.17, 15) is 4.79 Å². The summed E-state index contributed by atoms with van der Waals surface area (Å²) in [5.41, 5.74) is 5.74. The van der Waals surface area contributed by atoms with Crippen molar-refractivity contribution in [3.8, 4) is 0 Å². The van der Waals surface area contributed by atoms with Gasteiger partial charge < -0.3 is 10.6 Å². The normalized spacial score (nSPS) is 39.3. The second kappa shape index (κ2) is 3.75. The summed E-state index contributed by atoms with van der Waals surface area (Å²) in [5, 5.41) is 0. The minimum atomic E-state index is -0.275. The second-order valence-electron chi connectivity index (χ2n) is 5.41. The van der Waals surface area contributed by atoms with E-state index in [1.165, 1.54) is 6.42 Å². The van der Waals surface area contributed by atoms with Gasteiger partial charge in [-0.2, -0.15) is 4.99 Å². The van der Waals surface area contributed by atoms with Crippen molar-refractivity contribution in [3.63, 3.8) is 0 Å². The third kappa shape index (κ3) is 1.51. The van der Waals surface area contributed by atoms with Crippen LogP contribution in [0.15, 0.2) is 4.99 Å². The van der Waals surface area contributed by atoms with Gasteiger partial charge in [0.15, 0.2) is 0 Å². The molecule has 0 aromatic carbocycles. The lowest BCUT2D eigenvalue weighted by Gasteiger charge is -2.45. The van der Waals surface area contributed by atoms with E-state index >= 15 is 0 Å². The molecule has 4 nitrogen and oxygen atoms in total. The topological polar surface area (TPSA) is 58.7 Å². The van der Waals surface area contributed by atoms with Crippen molar-refractivity contribution in [3.05, 3.63) is 0 Å². The molecule has 1 aliphatic carbocycles. The standard InChI is InChI=1S/C12H21N3O/c1-4-15-11(16)14-10(13)12(15)6-8(2)5-9(3)7-12/h8-9H,4-7H2,1-3H3,(H2,13,14,16). The Hall–Kier alpha value is -1.06. The van der Waals surface area contributed by atoms with Crippen LogP contribution in [0.3, 0.4) is 0 Å². The highest BCUT2D eigenvalue weighted by molar-refractivity contribution is 6.05. The Balaban J connectivity index is 2.34. The van der Waals surface area contributed by atoms with Gasteiger partial charge in [0.25, 0.3) is 0 Å². The van der Waals surface area contributed by atoms with E-state index in [-0.39, 0.29) is 11.6 Å². The molecule has 1 fully saturated rings. The van der Waals surface area contributed by atoms with Gasteiger partial charge in [0.2, 0.25) is 0 Å². The summed E-state index contributed by atoms with van der Waals surface area (Å²) in [6, 6.07) is -0.152. The molecule has 1 heterocycles. The first kappa shape index (κ1) is 11.4. The molecule has 0 aromatic heterocycles. The van der Waals surface area contributed by atoms with Crippen LogP contribution in [0, 0.1) is 11.8 Å². The second-order valence-corrected chi connectivity index (χ2v) is 5.41. The summed E-state index contributed by atoms with van der Waals surface area (Å²) in [5.74, 6) is 1.76. The van der Waals surface area contributed by atoms with E-state index in [2.05, 4.69) is 18.8 Å². The summed E-state index contributed by atoms with van der Waals surface area (Å²) in [7, 11) is 0. The molecular formula is C12H21N3O. The van der Waals surface area contributed by atoms with E-state index in [0.717, 1.165) is 12.8 Å². The quantitative estimate of drug-likeness (QED) is 0.739. The molecule has 2 aliphatic rings. The van der Waals surface area contributed by atoms with Gasteiger partial charge in [-0.25, -0.2) is 4.79 Å². The summed E-state index contributed by atoms with van der Waals surface area (Å²) in [6.07, 6.45) is 3.15. The highest BCUT2D eigenvalue weighted by Crippen LogP contribution is 2.42. The Morgan fingerprint density at radius 3 is 2.50 bits per heavy atom. The van der Waals surface area contributed by atoms with E-state index in [0.29, 0.717) is 24.2 Å². The fourth-order valence-corrected chi connectivity index (χ4v) is 3.55. The predicted octanol–water partition coefficient (Wildman–Crippen LogP) is 1.99. The molecule has 1 aliphatic heterocycles. The van der Waals surface area contributed by atoms with Crippen molar-refractivity contribution in [2.45, 2.75) is 45.6 Å². The molecule has 2 amide bonds. The molecule has 0 aromatic rings. The zero-order valence-electron chi connectivity index (χ0n) is 10.4. The third-order valence-corrected chi connectivity index (χ3v) is 3.93. The first-order valence-corrected chi connectivity index (χ1v) is 6.16. The fourth-order valence-electron chi connectivity index (χ4n) is 3.55. The molecule has 2 atom stereocenters. The van der Waals surface area contributed by atoms with Crippen molar-refractivity contribution < 1.29 is 4.79 Å². The molecule has 0 saturated heterocycles. The van der Waals surface area contributed by atoms with E-state index in [1.54, 1.807) is 0 Å². The molecule has 16 heavy (non-hydrogen) atoms. The SMILES string of the molecule is CCN1C(=O)N=C(N)C12CC(C)CC(C)C2. The van der Waals surface area contributed by atoms with Crippen LogP contribution in [0.2, 0.25) is 0 Å². The van der Waals surface area contributed by atoms with Crippen molar-refractivity contribution in [2.24, 2.45) is 22.6 Å². The number of rotatable bonds is 1. The lowest BCUT2D eigenvalue weighted by Crippen LogP contribution is -2.57. The molecule has 0 radical (unpaired) electrons. The number of carbonyl (C=O) groups is 1. The highest BCUT2D eigenvalue weighted by atomic mass is 16.2. The molecule has 2 rings (SSSR count). The minimum Gasteiger partial charge on any atom is -0.385 e. The lowest BCUT2D eigenvalue weighted by atomic mass is 9.70. The number of nitrogens with two attached hydrogens (primary N) is 1. The first-order valence-electron chi connectivity index (χ1n) is 6.16. The Bertz CT molecular complexity index is 327. The van der Waals surface area contributed by atoms with Crippen LogP contribution >= 0.6 is 0 Å². The third-order valence-electron chi connectivity index (χ3n) is 3.93. The summed E-state index contributed by atoms with van der Waals surface area (Å²) in [4.78, 5) is 17.6. The molecule has 2 N–H and O–H groups in total. The maximum atomic E-state index is 11.8. The molecule has 0 bridgehead atoms. The largest absolute Gasteiger partial charge is 0.385 e. The lowest BCUT2D eigenvalue weighted by molar-refractivity contribution is 0.105. The predicted molar refractivity (Wildman–Crippen MR) is 64.3 cm³/mol. The number of nitrogens with zero attached hydrogens (tertiary/aromatic N) is 2. The molecule has 90 valence electrons. The molecule has 1 saturated carbocycles. The van der Waals surface area contributed by atoms with Crippen molar-refractivity contribution in [2.75, 3.05) is 6.54 Å². The van der Waals surface area contributed by atoms with Crippen LogP contribution < -0.4 is 5.73 Å². The van der Waals surface area contributed by atoms with Crippen molar-refractivity contribution >= 4 is 11.9 Å². The summed E-state index contributed by atoms with van der Waals surface area (Å²) in [6.45, 7) is 7.17. The summed E-state index contributed by atoms with van der Waals surface area (Å²) >= 11 is 0. The van der Waals surface area contributed by atoms with Gasteiger partial charge in [0.05, 0.1) is 0 Å². The van der Waals surface area contributed by atoms with Crippen LogP contribution in [0.5, 0.6) is 0 Å². The Morgan fingerprint density at radius 1 is 1.44 bits per heavy atom. The van der Waals surface area contributed by atoms with Gasteiger partial charge in [-0.05, 0) is 38.0 Å². The Labute approximate surface area is 96.9 Å². The fraction of sp³-hybridized carbons (Fsp3) is 0.833. The average molecular weight is 223 g/mol. The number of likely N-dealkylation sites (N-methyl/N-ethyl adjacent to an activating group) is 1. The van der Waals surface area contributed by atoms with Gasteiger partial charge in [-0.3, -0.25) is 0 Å². The molecule has 4 heteroatoms. The number of amides is 2. The van der Waals surface area contributed by atoms with E-state index < -0.39 is 0 Å². The van der Waals surface area contributed by atoms with Crippen LogP contribution in [-0.2, 0) is 0 Å². The van der Waals surface area contributed by atoms with E-state index in [1.807, 2.05) is 11.8 Å². The van der Waals surface area contributed by atoms with Gasteiger partial charge in [-0.15, -0.1) is 0 Å². The van der Waals surface area contributed by atoms with Gasteiger partial charge in [-0.1, -0.05) is 13.8 Å². The van der Waals surface area contributed by atoms with Crippen LogP contribution in [0.4, 0.5) is 4.79 Å². The number of urea groups is 1. The smallest absolute Gasteiger partial charge is 0.346 e. The number of carbonyl (C=O) groups excluding carboxylic acids is 1. The average Bonchev–Trinajstić information content (AvgIpc) is 2.36. The maximum Gasteiger partial charge on any atom is 0.346 e. The van der Waals surface area contributed by atoms with E-state index in [4.69, 9.17) is 5.73 Å². The zero-order chi connectivity index (χ0) is 11.9. The van der Waals surface area contributed by atoms with Gasteiger partial charge in [0, 0.05) is 6.54 Å². The molecule has 1 spiro atoms. The Morgan fingerprint density at radius 2 is 2.00 bits per heavy atom. The number of hydrogen-bond acceptors (Lipinski definition) is 2. The van der Waals surface area contributed by atoms with Crippen LogP contribution in [0.1, 0.15) is 40.0 Å². The van der Waals surface area contributed by atoms with Crippen LogP contribution in [-0.4, -0.2) is 28.9 Å². The van der Waals surface area contributed by atoms with Crippen molar-refractivity contribution in [1.29, 1.82) is 0 Å².